The fourth-order valence-electron chi connectivity index (χ4n) is 3.72. The molecule has 0 bridgehead atoms. The highest BCUT2D eigenvalue weighted by Gasteiger charge is 2.12. The molecule has 5 rings (SSSR count). The van der Waals surface area contributed by atoms with E-state index in [1.165, 1.54) is 10.8 Å². The molecule has 0 aliphatic carbocycles. The van der Waals surface area contributed by atoms with Crippen molar-refractivity contribution in [1.82, 2.24) is 4.98 Å². The number of para-hydroxylation sites is 2. The molecule has 0 radical (unpaired) electrons. The van der Waals surface area contributed by atoms with Gasteiger partial charge in [0.25, 0.3) is 0 Å². The summed E-state index contributed by atoms with van der Waals surface area (Å²) in [7, 11) is 0. The van der Waals surface area contributed by atoms with Crippen LogP contribution in [0, 0.1) is 0 Å². The molecule has 0 saturated heterocycles. The van der Waals surface area contributed by atoms with E-state index in [1.807, 2.05) is 18.3 Å². The van der Waals surface area contributed by atoms with Crippen LogP contribution in [-0.4, -0.2) is 4.98 Å². The van der Waals surface area contributed by atoms with E-state index >= 15 is 0 Å². The van der Waals surface area contributed by atoms with Gasteiger partial charge in [0, 0.05) is 34.2 Å². The molecule has 29 heavy (non-hydrogen) atoms. The highest BCUT2D eigenvalue weighted by Crippen LogP contribution is 2.35. The van der Waals surface area contributed by atoms with E-state index in [9.17, 15) is 0 Å². The quantitative estimate of drug-likeness (QED) is 0.327. The molecule has 0 aliphatic rings. The lowest BCUT2D eigenvalue weighted by atomic mass is 10.0. The van der Waals surface area contributed by atoms with Crippen LogP contribution in [0.4, 0.5) is 17.1 Å². The number of hydrogen-bond acceptors (Lipinski definition) is 2. The number of hydrogen-bond donors (Lipinski definition) is 0. The minimum atomic E-state index is 1.01. The Morgan fingerprint density at radius 1 is 0.483 bits per heavy atom. The van der Waals surface area contributed by atoms with E-state index in [0.717, 1.165) is 28.3 Å². The summed E-state index contributed by atoms with van der Waals surface area (Å²) in [6, 6.07) is 40.0. The standard InChI is InChI=1S/C27H20N2/c1-3-10-23(11-4-1)29(24-12-5-2-6-13-24)25-17-15-22(16-18-25)27-26-14-8-7-9-21(26)19-20-28-27/h1-20H. The first-order valence-electron chi connectivity index (χ1n) is 9.74. The van der Waals surface area contributed by atoms with Crippen LogP contribution >= 0.6 is 0 Å². The van der Waals surface area contributed by atoms with Gasteiger partial charge in [-0.2, -0.15) is 0 Å². The Balaban J connectivity index is 1.59. The van der Waals surface area contributed by atoms with E-state index in [2.05, 4.69) is 113 Å². The van der Waals surface area contributed by atoms with E-state index < -0.39 is 0 Å². The van der Waals surface area contributed by atoms with Gasteiger partial charge in [-0.15, -0.1) is 0 Å². The molecule has 0 unspecified atom stereocenters. The molecule has 0 amide bonds. The maximum atomic E-state index is 4.65. The van der Waals surface area contributed by atoms with Gasteiger partial charge < -0.3 is 4.90 Å². The van der Waals surface area contributed by atoms with Crippen molar-refractivity contribution >= 4 is 27.8 Å². The van der Waals surface area contributed by atoms with Crippen LogP contribution in [0.1, 0.15) is 0 Å². The molecule has 0 spiro atoms. The predicted octanol–water partition coefficient (Wildman–Crippen LogP) is 7.37. The zero-order valence-electron chi connectivity index (χ0n) is 15.9. The summed E-state index contributed by atoms with van der Waals surface area (Å²) >= 11 is 0. The van der Waals surface area contributed by atoms with Gasteiger partial charge in [0.05, 0.1) is 5.69 Å². The fraction of sp³-hybridized carbons (Fsp3) is 0. The Labute approximate surface area is 170 Å². The summed E-state index contributed by atoms with van der Waals surface area (Å²) in [5.74, 6) is 0. The third-order valence-electron chi connectivity index (χ3n) is 5.10. The molecule has 2 heteroatoms. The normalized spacial score (nSPS) is 10.8. The van der Waals surface area contributed by atoms with Crippen molar-refractivity contribution in [2.45, 2.75) is 0 Å². The third-order valence-corrected chi connectivity index (χ3v) is 5.10. The molecule has 5 aromatic rings. The summed E-state index contributed by atoms with van der Waals surface area (Å²) in [6.45, 7) is 0. The summed E-state index contributed by atoms with van der Waals surface area (Å²) in [6.07, 6.45) is 1.88. The van der Waals surface area contributed by atoms with Gasteiger partial charge in [-0.3, -0.25) is 4.98 Å². The molecule has 0 atom stereocenters. The van der Waals surface area contributed by atoms with Gasteiger partial charge in [0.1, 0.15) is 0 Å². The van der Waals surface area contributed by atoms with E-state index in [1.54, 1.807) is 0 Å². The third kappa shape index (κ3) is 3.37. The van der Waals surface area contributed by atoms with Crippen LogP contribution in [0.15, 0.2) is 121 Å². The highest BCUT2D eigenvalue weighted by atomic mass is 15.1. The zero-order valence-corrected chi connectivity index (χ0v) is 15.9. The Hall–Kier alpha value is -3.91. The second kappa shape index (κ2) is 7.61. The van der Waals surface area contributed by atoms with Crippen molar-refractivity contribution in [3.8, 4) is 11.3 Å². The number of fused-ring (bicyclic) bond motifs is 1. The van der Waals surface area contributed by atoms with Crippen molar-refractivity contribution in [3.05, 3.63) is 121 Å². The second-order valence-electron chi connectivity index (χ2n) is 6.93. The lowest BCUT2D eigenvalue weighted by Gasteiger charge is -2.25. The highest BCUT2D eigenvalue weighted by molar-refractivity contribution is 5.94. The van der Waals surface area contributed by atoms with Crippen LogP contribution in [0.25, 0.3) is 22.0 Å². The topological polar surface area (TPSA) is 16.1 Å². The van der Waals surface area contributed by atoms with Gasteiger partial charge in [-0.05, 0) is 47.9 Å². The van der Waals surface area contributed by atoms with Crippen molar-refractivity contribution in [3.63, 3.8) is 0 Å². The Kier molecular flexibility index (Phi) is 4.51. The van der Waals surface area contributed by atoms with Crippen molar-refractivity contribution in [2.24, 2.45) is 0 Å². The van der Waals surface area contributed by atoms with E-state index in [-0.39, 0.29) is 0 Å². The molecule has 138 valence electrons. The summed E-state index contributed by atoms with van der Waals surface area (Å²) in [4.78, 5) is 6.92. The Morgan fingerprint density at radius 2 is 1.03 bits per heavy atom. The molecule has 4 aromatic carbocycles. The minimum Gasteiger partial charge on any atom is -0.311 e. The number of aromatic nitrogens is 1. The predicted molar refractivity (Wildman–Crippen MR) is 122 cm³/mol. The van der Waals surface area contributed by atoms with Crippen molar-refractivity contribution in [2.75, 3.05) is 4.90 Å². The molecule has 1 aromatic heterocycles. The zero-order chi connectivity index (χ0) is 19.5. The average Bonchev–Trinajstić information content (AvgIpc) is 2.81. The van der Waals surface area contributed by atoms with Crippen LogP contribution in [0.5, 0.6) is 0 Å². The van der Waals surface area contributed by atoms with Crippen LogP contribution in [0.2, 0.25) is 0 Å². The minimum absolute atomic E-state index is 1.01. The summed E-state index contributed by atoms with van der Waals surface area (Å²) < 4.78 is 0. The van der Waals surface area contributed by atoms with Gasteiger partial charge in [-0.25, -0.2) is 0 Å². The molecule has 1 heterocycles. The molecule has 2 nitrogen and oxygen atoms in total. The smallest absolute Gasteiger partial charge is 0.0780 e. The van der Waals surface area contributed by atoms with Crippen LogP contribution in [0.3, 0.4) is 0 Å². The maximum Gasteiger partial charge on any atom is 0.0780 e. The Morgan fingerprint density at radius 3 is 1.69 bits per heavy atom. The molecule has 0 saturated carbocycles. The first-order chi connectivity index (χ1) is 14.4. The number of nitrogens with zero attached hydrogens (tertiary/aromatic N) is 2. The lowest BCUT2D eigenvalue weighted by molar-refractivity contribution is 1.28. The average molecular weight is 372 g/mol. The first kappa shape index (κ1) is 17.2. The first-order valence-corrected chi connectivity index (χ1v) is 9.74. The summed E-state index contributed by atoms with van der Waals surface area (Å²) in [5, 5.41) is 2.38. The van der Waals surface area contributed by atoms with Gasteiger partial charge >= 0.3 is 0 Å². The molecule has 0 N–H and O–H groups in total. The van der Waals surface area contributed by atoms with Crippen molar-refractivity contribution < 1.29 is 0 Å². The van der Waals surface area contributed by atoms with Crippen LogP contribution < -0.4 is 4.90 Å². The van der Waals surface area contributed by atoms with Crippen LogP contribution in [-0.2, 0) is 0 Å². The Bertz CT molecular complexity index is 1190. The van der Waals surface area contributed by atoms with Gasteiger partial charge in [0.15, 0.2) is 0 Å². The summed E-state index contributed by atoms with van der Waals surface area (Å²) in [5.41, 5.74) is 5.52. The number of benzene rings is 4. The molecular weight excluding hydrogens is 352 g/mol. The van der Waals surface area contributed by atoms with Gasteiger partial charge in [0.2, 0.25) is 0 Å². The second-order valence-corrected chi connectivity index (χ2v) is 6.93. The monoisotopic (exact) mass is 372 g/mol. The SMILES string of the molecule is c1ccc(N(c2ccccc2)c2ccc(-c3nccc4ccccc34)cc2)cc1. The lowest BCUT2D eigenvalue weighted by Crippen LogP contribution is -2.09. The van der Waals surface area contributed by atoms with Crippen molar-refractivity contribution in [1.29, 1.82) is 0 Å². The number of anilines is 3. The number of rotatable bonds is 4. The molecule has 0 fully saturated rings. The maximum absolute atomic E-state index is 4.65. The molecule has 0 aliphatic heterocycles. The van der Waals surface area contributed by atoms with Gasteiger partial charge in [-0.1, -0.05) is 72.8 Å². The van der Waals surface area contributed by atoms with E-state index in [4.69, 9.17) is 0 Å². The fourth-order valence-corrected chi connectivity index (χ4v) is 3.72. The largest absolute Gasteiger partial charge is 0.311 e. The number of pyridine rings is 1. The molecular formula is C27H20N2. The van der Waals surface area contributed by atoms with E-state index in [0.29, 0.717) is 0 Å².